The highest BCUT2D eigenvalue weighted by atomic mass is 16.5. The lowest BCUT2D eigenvalue weighted by Crippen LogP contribution is -2.49. The summed E-state index contributed by atoms with van der Waals surface area (Å²) < 4.78 is 5.82. The van der Waals surface area contributed by atoms with E-state index in [2.05, 4.69) is 24.1 Å². The first-order valence-corrected chi connectivity index (χ1v) is 7.89. The van der Waals surface area contributed by atoms with Crippen molar-refractivity contribution in [2.75, 3.05) is 32.8 Å². The molecule has 0 spiro atoms. The van der Waals surface area contributed by atoms with Crippen molar-refractivity contribution in [1.29, 1.82) is 0 Å². The molecule has 1 saturated carbocycles. The maximum Gasteiger partial charge on any atom is 0.0826 e. The molecule has 0 radical (unpaired) electrons. The number of hydrogen-bond acceptors (Lipinski definition) is 4. The van der Waals surface area contributed by atoms with Gasteiger partial charge in [0.1, 0.15) is 0 Å². The first kappa shape index (κ1) is 15.2. The Morgan fingerprint density at radius 2 is 2.16 bits per heavy atom. The number of morpholine rings is 1. The highest BCUT2D eigenvalue weighted by molar-refractivity contribution is 4.78. The molecule has 3 atom stereocenters. The molecule has 2 N–H and O–H groups in total. The van der Waals surface area contributed by atoms with Crippen molar-refractivity contribution in [1.82, 2.24) is 10.2 Å². The summed E-state index contributed by atoms with van der Waals surface area (Å²) in [7, 11) is 0. The smallest absolute Gasteiger partial charge is 0.0826 e. The Labute approximate surface area is 117 Å². The fourth-order valence-electron chi connectivity index (χ4n) is 3.23. The van der Waals surface area contributed by atoms with Crippen molar-refractivity contribution < 1.29 is 9.84 Å². The standard InChI is InChI=1S/C15H30N2O2/c1-12(2)17-6-7-19-15(11-17)10-16-9-13-4-3-5-14(18)8-13/h12-16,18H,3-11H2,1-2H3. The first-order chi connectivity index (χ1) is 9.15. The number of nitrogens with zero attached hydrogens (tertiary/aromatic N) is 1. The van der Waals surface area contributed by atoms with Gasteiger partial charge < -0.3 is 15.2 Å². The van der Waals surface area contributed by atoms with Crippen LogP contribution >= 0.6 is 0 Å². The van der Waals surface area contributed by atoms with Crippen LogP contribution in [-0.2, 0) is 4.74 Å². The van der Waals surface area contributed by atoms with Crippen LogP contribution in [0.15, 0.2) is 0 Å². The van der Waals surface area contributed by atoms with E-state index in [4.69, 9.17) is 4.74 Å². The third kappa shape index (κ3) is 5.03. The monoisotopic (exact) mass is 270 g/mol. The van der Waals surface area contributed by atoms with Gasteiger partial charge in [-0.3, -0.25) is 4.90 Å². The van der Waals surface area contributed by atoms with Gasteiger partial charge >= 0.3 is 0 Å². The molecule has 2 fully saturated rings. The largest absolute Gasteiger partial charge is 0.393 e. The molecule has 112 valence electrons. The zero-order chi connectivity index (χ0) is 13.7. The van der Waals surface area contributed by atoms with Crippen LogP contribution in [0.2, 0.25) is 0 Å². The molecular weight excluding hydrogens is 240 g/mol. The molecule has 2 aliphatic rings. The van der Waals surface area contributed by atoms with E-state index in [1.165, 1.54) is 12.8 Å². The summed E-state index contributed by atoms with van der Waals surface area (Å²) in [5, 5.41) is 13.2. The lowest BCUT2D eigenvalue weighted by molar-refractivity contribution is -0.0376. The highest BCUT2D eigenvalue weighted by Crippen LogP contribution is 2.23. The van der Waals surface area contributed by atoms with Crippen LogP contribution in [0.4, 0.5) is 0 Å². The maximum atomic E-state index is 9.66. The molecule has 0 bridgehead atoms. The third-order valence-corrected chi connectivity index (χ3v) is 4.46. The Morgan fingerprint density at radius 3 is 2.89 bits per heavy atom. The number of hydrogen-bond donors (Lipinski definition) is 2. The van der Waals surface area contributed by atoms with E-state index in [0.29, 0.717) is 18.1 Å². The van der Waals surface area contributed by atoms with Gasteiger partial charge in [0.15, 0.2) is 0 Å². The third-order valence-electron chi connectivity index (χ3n) is 4.46. The lowest BCUT2D eigenvalue weighted by atomic mass is 9.87. The lowest BCUT2D eigenvalue weighted by Gasteiger charge is -2.36. The van der Waals surface area contributed by atoms with Gasteiger partial charge in [-0.2, -0.15) is 0 Å². The second kappa shape index (κ2) is 7.58. The molecule has 4 nitrogen and oxygen atoms in total. The minimum atomic E-state index is -0.0667. The average molecular weight is 270 g/mol. The number of nitrogens with one attached hydrogen (secondary N) is 1. The van der Waals surface area contributed by atoms with Gasteiger partial charge in [0.25, 0.3) is 0 Å². The molecular formula is C15H30N2O2. The number of rotatable bonds is 5. The Balaban J connectivity index is 1.62. The van der Waals surface area contributed by atoms with Crippen LogP contribution in [0, 0.1) is 5.92 Å². The molecule has 0 amide bonds. The molecule has 0 aromatic carbocycles. The second-order valence-electron chi connectivity index (χ2n) is 6.43. The molecule has 1 aliphatic heterocycles. The molecule has 1 heterocycles. The van der Waals surface area contributed by atoms with Crippen LogP contribution in [0.25, 0.3) is 0 Å². The van der Waals surface area contributed by atoms with Gasteiger partial charge in [-0.25, -0.2) is 0 Å². The van der Waals surface area contributed by atoms with Gasteiger partial charge in [0.2, 0.25) is 0 Å². The van der Waals surface area contributed by atoms with Gasteiger partial charge in [-0.15, -0.1) is 0 Å². The Kier molecular flexibility index (Phi) is 6.07. The summed E-state index contributed by atoms with van der Waals surface area (Å²) in [6.07, 6.45) is 4.65. The molecule has 3 unspecified atom stereocenters. The fourth-order valence-corrected chi connectivity index (χ4v) is 3.23. The van der Waals surface area contributed by atoms with E-state index in [1.54, 1.807) is 0 Å². The van der Waals surface area contributed by atoms with Crippen LogP contribution < -0.4 is 5.32 Å². The van der Waals surface area contributed by atoms with Crippen molar-refractivity contribution in [3.05, 3.63) is 0 Å². The minimum absolute atomic E-state index is 0.0667. The SMILES string of the molecule is CC(C)N1CCOC(CNCC2CCCC(O)C2)C1. The summed E-state index contributed by atoms with van der Waals surface area (Å²) in [6.45, 7) is 9.42. The topological polar surface area (TPSA) is 44.7 Å². The molecule has 0 aromatic rings. The van der Waals surface area contributed by atoms with E-state index in [1.807, 2.05) is 0 Å². The minimum Gasteiger partial charge on any atom is -0.393 e. The molecule has 4 heteroatoms. The van der Waals surface area contributed by atoms with Gasteiger partial charge in [0.05, 0.1) is 18.8 Å². The Morgan fingerprint density at radius 1 is 1.32 bits per heavy atom. The predicted octanol–water partition coefficient (Wildman–Crippen LogP) is 1.24. The fraction of sp³-hybridized carbons (Fsp3) is 1.00. The van der Waals surface area contributed by atoms with Crippen LogP contribution in [0.5, 0.6) is 0 Å². The molecule has 1 aliphatic carbocycles. The summed E-state index contributed by atoms with van der Waals surface area (Å²) in [4.78, 5) is 2.49. The Hall–Kier alpha value is -0.160. The summed E-state index contributed by atoms with van der Waals surface area (Å²) in [5.74, 6) is 0.647. The van der Waals surface area contributed by atoms with Gasteiger partial charge in [0, 0.05) is 25.7 Å². The average Bonchev–Trinajstić information content (AvgIpc) is 2.39. The summed E-state index contributed by atoms with van der Waals surface area (Å²) in [5.41, 5.74) is 0. The van der Waals surface area contributed by atoms with Crippen LogP contribution in [0.3, 0.4) is 0 Å². The number of aliphatic hydroxyl groups excluding tert-OH is 1. The zero-order valence-corrected chi connectivity index (χ0v) is 12.5. The van der Waals surface area contributed by atoms with E-state index in [0.717, 1.165) is 45.6 Å². The predicted molar refractivity (Wildman–Crippen MR) is 77.3 cm³/mol. The normalized spacial score (nSPS) is 33.8. The maximum absolute atomic E-state index is 9.66. The number of ether oxygens (including phenoxy) is 1. The van der Waals surface area contributed by atoms with E-state index < -0.39 is 0 Å². The van der Waals surface area contributed by atoms with Crippen LogP contribution in [0.1, 0.15) is 39.5 Å². The zero-order valence-electron chi connectivity index (χ0n) is 12.5. The quantitative estimate of drug-likeness (QED) is 0.789. The van der Waals surface area contributed by atoms with Crippen molar-refractivity contribution in [3.63, 3.8) is 0 Å². The molecule has 2 rings (SSSR count). The van der Waals surface area contributed by atoms with E-state index in [-0.39, 0.29) is 6.10 Å². The molecule has 19 heavy (non-hydrogen) atoms. The van der Waals surface area contributed by atoms with E-state index >= 15 is 0 Å². The first-order valence-electron chi connectivity index (χ1n) is 7.89. The molecule has 1 saturated heterocycles. The van der Waals surface area contributed by atoms with Gasteiger partial charge in [-0.05, 0) is 45.6 Å². The van der Waals surface area contributed by atoms with Crippen LogP contribution in [-0.4, -0.2) is 61.0 Å². The van der Waals surface area contributed by atoms with E-state index in [9.17, 15) is 5.11 Å². The van der Waals surface area contributed by atoms with Crippen molar-refractivity contribution >= 4 is 0 Å². The second-order valence-corrected chi connectivity index (χ2v) is 6.43. The number of aliphatic hydroxyl groups is 1. The highest BCUT2D eigenvalue weighted by Gasteiger charge is 2.23. The van der Waals surface area contributed by atoms with Crippen molar-refractivity contribution in [2.24, 2.45) is 5.92 Å². The van der Waals surface area contributed by atoms with Crippen molar-refractivity contribution in [3.8, 4) is 0 Å². The van der Waals surface area contributed by atoms with Crippen molar-refractivity contribution in [2.45, 2.75) is 57.8 Å². The molecule has 0 aromatic heterocycles. The summed E-state index contributed by atoms with van der Waals surface area (Å²) in [6, 6.07) is 0.611. The summed E-state index contributed by atoms with van der Waals surface area (Å²) >= 11 is 0. The van der Waals surface area contributed by atoms with Gasteiger partial charge in [-0.1, -0.05) is 6.42 Å². The Bertz CT molecular complexity index is 261.